The van der Waals surface area contributed by atoms with Gasteiger partial charge in [0.25, 0.3) is 0 Å². The second kappa shape index (κ2) is 14.4. The molecule has 0 aliphatic heterocycles. The lowest BCUT2D eigenvalue weighted by Crippen LogP contribution is -2.01. The van der Waals surface area contributed by atoms with Crippen LogP contribution >= 0.6 is 0 Å². The summed E-state index contributed by atoms with van der Waals surface area (Å²) in [7, 11) is 0. The van der Waals surface area contributed by atoms with Gasteiger partial charge in [0.2, 0.25) is 0 Å². The fourth-order valence-electron chi connectivity index (χ4n) is 7.68. The highest BCUT2D eigenvalue weighted by Gasteiger charge is 2.18. The molecular formula is C53H35N3. The number of fused-ring (bicyclic) bond motifs is 2. The van der Waals surface area contributed by atoms with Crippen LogP contribution in [0.25, 0.3) is 100 Å². The van der Waals surface area contributed by atoms with E-state index in [2.05, 4.69) is 206 Å². The molecule has 10 rings (SSSR count). The molecule has 0 spiro atoms. The van der Waals surface area contributed by atoms with E-state index in [1.165, 1.54) is 21.9 Å². The average Bonchev–Trinajstić information content (AvgIpc) is 3.29. The minimum atomic E-state index is 0.618. The summed E-state index contributed by atoms with van der Waals surface area (Å²) in [6, 6.07) is 74.8. The molecule has 0 fully saturated rings. The Morgan fingerprint density at radius 2 is 0.661 bits per heavy atom. The molecule has 10 aromatic rings. The van der Waals surface area contributed by atoms with Crippen LogP contribution in [0.4, 0.5) is 0 Å². The van der Waals surface area contributed by atoms with Crippen molar-refractivity contribution in [2.75, 3.05) is 0 Å². The van der Waals surface area contributed by atoms with Crippen LogP contribution in [-0.4, -0.2) is 15.0 Å². The van der Waals surface area contributed by atoms with Crippen molar-refractivity contribution >= 4 is 21.5 Å². The Morgan fingerprint density at radius 1 is 0.214 bits per heavy atom. The highest BCUT2D eigenvalue weighted by Crippen LogP contribution is 2.38. The maximum absolute atomic E-state index is 5.31. The SMILES string of the molecule is c1ccc(-c2cccc(-c3nc(-c4cccc(-c5cc(-c6ccccc6)cc6ccccc56)c4)nc(-c4cc5ccccc5cc4-c4ccccc4)n3)c2)cc1. The smallest absolute Gasteiger partial charge is 0.164 e. The van der Waals surface area contributed by atoms with E-state index < -0.39 is 0 Å². The summed E-state index contributed by atoms with van der Waals surface area (Å²) in [5.41, 5.74) is 11.9. The first-order chi connectivity index (χ1) is 27.7. The van der Waals surface area contributed by atoms with Crippen LogP contribution in [-0.2, 0) is 0 Å². The van der Waals surface area contributed by atoms with Crippen molar-refractivity contribution in [2.24, 2.45) is 0 Å². The summed E-state index contributed by atoms with van der Waals surface area (Å²) in [5.74, 6) is 1.87. The van der Waals surface area contributed by atoms with Crippen molar-refractivity contribution < 1.29 is 0 Å². The lowest BCUT2D eigenvalue weighted by Gasteiger charge is -2.15. The molecule has 9 aromatic carbocycles. The molecule has 0 bridgehead atoms. The molecule has 0 aliphatic carbocycles. The zero-order valence-corrected chi connectivity index (χ0v) is 30.5. The normalized spacial score (nSPS) is 11.2. The molecule has 0 saturated carbocycles. The summed E-state index contributed by atoms with van der Waals surface area (Å²) in [6.07, 6.45) is 0. The third kappa shape index (κ3) is 6.42. The highest BCUT2D eigenvalue weighted by atomic mass is 15.0. The van der Waals surface area contributed by atoms with Gasteiger partial charge in [0.05, 0.1) is 0 Å². The van der Waals surface area contributed by atoms with Crippen LogP contribution in [0.3, 0.4) is 0 Å². The lowest BCUT2D eigenvalue weighted by atomic mass is 9.92. The first kappa shape index (κ1) is 33.1. The van der Waals surface area contributed by atoms with Crippen molar-refractivity contribution in [3.8, 4) is 78.7 Å². The first-order valence-corrected chi connectivity index (χ1v) is 18.9. The van der Waals surface area contributed by atoms with Crippen LogP contribution < -0.4 is 0 Å². The number of benzene rings is 9. The Kier molecular flexibility index (Phi) is 8.51. The van der Waals surface area contributed by atoms with E-state index in [0.717, 1.165) is 60.8 Å². The van der Waals surface area contributed by atoms with E-state index in [4.69, 9.17) is 15.0 Å². The standard InChI is InChI=1S/C53H35N3/c1-4-16-36(17-5-1)39-25-14-27-44(30-39)51-54-52(56-53(55-51)50-34-41-23-11-10-22-40(41)33-48(50)38-20-8-3-9-21-38)45-28-15-26-43(31-45)49-35-46(37-18-6-2-7-19-37)32-42-24-12-13-29-47(42)49/h1-35H. The van der Waals surface area contributed by atoms with Gasteiger partial charge in [-0.25, -0.2) is 15.0 Å². The zero-order chi connectivity index (χ0) is 37.3. The van der Waals surface area contributed by atoms with E-state index in [-0.39, 0.29) is 0 Å². The first-order valence-electron chi connectivity index (χ1n) is 18.9. The molecular weight excluding hydrogens is 679 g/mol. The van der Waals surface area contributed by atoms with Gasteiger partial charge in [-0.3, -0.25) is 0 Å². The van der Waals surface area contributed by atoms with Crippen LogP contribution in [0.1, 0.15) is 0 Å². The molecule has 0 radical (unpaired) electrons. The molecule has 0 saturated heterocycles. The molecule has 3 heteroatoms. The van der Waals surface area contributed by atoms with Gasteiger partial charge in [0.1, 0.15) is 0 Å². The molecule has 262 valence electrons. The number of hydrogen-bond donors (Lipinski definition) is 0. The van der Waals surface area contributed by atoms with Gasteiger partial charge in [-0.05, 0) is 102 Å². The Morgan fingerprint density at radius 3 is 1.30 bits per heavy atom. The molecule has 0 amide bonds. The lowest BCUT2D eigenvalue weighted by molar-refractivity contribution is 1.07. The van der Waals surface area contributed by atoms with Crippen molar-refractivity contribution in [1.29, 1.82) is 0 Å². The van der Waals surface area contributed by atoms with E-state index in [9.17, 15) is 0 Å². The third-order valence-electron chi connectivity index (χ3n) is 10.5. The maximum atomic E-state index is 5.31. The Hall–Kier alpha value is -7.49. The molecule has 0 N–H and O–H groups in total. The van der Waals surface area contributed by atoms with Gasteiger partial charge >= 0.3 is 0 Å². The summed E-state index contributed by atoms with van der Waals surface area (Å²) in [4.78, 5) is 15.8. The summed E-state index contributed by atoms with van der Waals surface area (Å²) < 4.78 is 0. The molecule has 3 nitrogen and oxygen atoms in total. The average molecular weight is 714 g/mol. The predicted octanol–water partition coefficient (Wildman–Crippen LogP) is 13.8. The second-order valence-corrected chi connectivity index (χ2v) is 14.1. The highest BCUT2D eigenvalue weighted by molar-refractivity contribution is 6.01. The summed E-state index contributed by atoms with van der Waals surface area (Å²) in [5, 5.41) is 4.69. The zero-order valence-electron chi connectivity index (χ0n) is 30.5. The molecule has 56 heavy (non-hydrogen) atoms. The van der Waals surface area contributed by atoms with Gasteiger partial charge in [-0.1, -0.05) is 176 Å². The largest absolute Gasteiger partial charge is 0.208 e. The van der Waals surface area contributed by atoms with Gasteiger partial charge in [0.15, 0.2) is 17.5 Å². The van der Waals surface area contributed by atoms with Crippen molar-refractivity contribution in [3.63, 3.8) is 0 Å². The third-order valence-corrected chi connectivity index (χ3v) is 10.5. The van der Waals surface area contributed by atoms with E-state index >= 15 is 0 Å². The second-order valence-electron chi connectivity index (χ2n) is 14.1. The Balaban J connectivity index is 1.19. The Bertz CT molecular complexity index is 3010. The monoisotopic (exact) mass is 713 g/mol. The Labute approximate surface area is 326 Å². The number of hydrogen-bond acceptors (Lipinski definition) is 3. The maximum Gasteiger partial charge on any atom is 0.164 e. The van der Waals surface area contributed by atoms with E-state index in [1.54, 1.807) is 0 Å². The van der Waals surface area contributed by atoms with Crippen LogP contribution in [0, 0.1) is 0 Å². The van der Waals surface area contributed by atoms with Gasteiger partial charge in [-0.15, -0.1) is 0 Å². The molecule has 1 aromatic heterocycles. The summed E-state index contributed by atoms with van der Waals surface area (Å²) in [6.45, 7) is 0. The predicted molar refractivity (Wildman–Crippen MR) is 233 cm³/mol. The van der Waals surface area contributed by atoms with E-state index in [0.29, 0.717) is 17.5 Å². The fraction of sp³-hybridized carbons (Fsp3) is 0. The molecule has 0 atom stereocenters. The van der Waals surface area contributed by atoms with Crippen molar-refractivity contribution in [3.05, 3.63) is 212 Å². The minimum Gasteiger partial charge on any atom is -0.208 e. The number of rotatable bonds is 7. The van der Waals surface area contributed by atoms with Gasteiger partial charge in [0, 0.05) is 16.7 Å². The van der Waals surface area contributed by atoms with Crippen molar-refractivity contribution in [2.45, 2.75) is 0 Å². The molecule has 1 heterocycles. The number of nitrogens with zero attached hydrogens (tertiary/aromatic N) is 3. The van der Waals surface area contributed by atoms with Crippen LogP contribution in [0.15, 0.2) is 212 Å². The van der Waals surface area contributed by atoms with Gasteiger partial charge in [-0.2, -0.15) is 0 Å². The van der Waals surface area contributed by atoms with Crippen LogP contribution in [0.2, 0.25) is 0 Å². The van der Waals surface area contributed by atoms with Crippen molar-refractivity contribution in [1.82, 2.24) is 15.0 Å². The topological polar surface area (TPSA) is 38.7 Å². The molecule has 0 aliphatic rings. The molecule has 0 unspecified atom stereocenters. The van der Waals surface area contributed by atoms with E-state index in [1.807, 2.05) is 6.07 Å². The minimum absolute atomic E-state index is 0.618. The number of aromatic nitrogens is 3. The van der Waals surface area contributed by atoms with Crippen LogP contribution in [0.5, 0.6) is 0 Å². The van der Waals surface area contributed by atoms with Gasteiger partial charge < -0.3 is 0 Å². The fourth-order valence-corrected chi connectivity index (χ4v) is 7.68. The summed E-state index contributed by atoms with van der Waals surface area (Å²) >= 11 is 0. The quantitative estimate of drug-likeness (QED) is 0.165.